The van der Waals surface area contributed by atoms with E-state index in [0.717, 1.165) is 23.2 Å². The molecule has 0 aliphatic heterocycles. The molecule has 3 heteroatoms. The summed E-state index contributed by atoms with van der Waals surface area (Å²) in [4.78, 5) is 0. The van der Waals surface area contributed by atoms with E-state index >= 15 is 0 Å². The molecule has 0 aliphatic carbocycles. The molecular formula is C16H26BrNO. The fourth-order valence-electron chi connectivity index (χ4n) is 1.90. The molecule has 0 bridgehead atoms. The minimum absolute atomic E-state index is 0.156. The Morgan fingerprint density at radius 1 is 1.16 bits per heavy atom. The molecule has 0 saturated heterocycles. The molecule has 108 valence electrons. The van der Waals surface area contributed by atoms with Gasteiger partial charge in [-0.2, -0.15) is 0 Å². The Kier molecular flexibility index (Phi) is 5.45. The normalized spacial score (nSPS) is 12.6. The molecule has 0 amide bonds. The average molecular weight is 328 g/mol. The predicted octanol–water partition coefficient (Wildman–Crippen LogP) is 4.41. The van der Waals surface area contributed by atoms with Crippen molar-refractivity contribution in [2.45, 2.75) is 46.6 Å². The fraction of sp³-hybridized carbons (Fsp3) is 0.625. The number of benzene rings is 1. The van der Waals surface area contributed by atoms with Crippen LogP contribution in [-0.4, -0.2) is 19.2 Å². The van der Waals surface area contributed by atoms with Crippen LogP contribution in [0.2, 0.25) is 0 Å². The molecular weight excluding hydrogens is 302 g/mol. The summed E-state index contributed by atoms with van der Waals surface area (Å²) in [6, 6.07) is 6.15. The standard InChI is InChI=1S/C16H26BrNO/c1-15(2,3)18-11-16(4,5)10-12-9-13(19-6)7-8-14(12)17/h7-9,18H,10-11H2,1-6H3. The second kappa shape index (κ2) is 6.27. The predicted molar refractivity (Wildman–Crippen MR) is 85.9 cm³/mol. The van der Waals surface area contributed by atoms with E-state index in [1.54, 1.807) is 7.11 Å². The number of methoxy groups -OCH3 is 1. The zero-order chi connectivity index (χ0) is 14.7. The first kappa shape index (κ1) is 16.5. The molecule has 2 nitrogen and oxygen atoms in total. The summed E-state index contributed by atoms with van der Waals surface area (Å²) in [5.74, 6) is 0.915. The molecule has 0 fully saturated rings. The lowest BCUT2D eigenvalue weighted by molar-refractivity contribution is 0.288. The van der Waals surface area contributed by atoms with Crippen molar-refractivity contribution in [1.82, 2.24) is 5.32 Å². The first-order chi connectivity index (χ1) is 8.63. The third-order valence-corrected chi connectivity index (χ3v) is 3.79. The van der Waals surface area contributed by atoms with Gasteiger partial charge in [0.2, 0.25) is 0 Å². The number of nitrogens with one attached hydrogen (secondary N) is 1. The molecule has 0 aromatic heterocycles. The average Bonchev–Trinajstić information content (AvgIpc) is 2.29. The van der Waals surface area contributed by atoms with Gasteiger partial charge in [-0.15, -0.1) is 0 Å². The molecule has 1 aromatic carbocycles. The zero-order valence-electron chi connectivity index (χ0n) is 12.9. The molecule has 0 unspecified atom stereocenters. The lowest BCUT2D eigenvalue weighted by atomic mass is 9.85. The summed E-state index contributed by atoms with van der Waals surface area (Å²) in [5.41, 5.74) is 1.64. The number of hydrogen-bond donors (Lipinski definition) is 1. The van der Waals surface area contributed by atoms with Gasteiger partial charge in [0.1, 0.15) is 5.75 Å². The molecule has 1 rings (SSSR count). The maximum atomic E-state index is 5.30. The summed E-state index contributed by atoms with van der Waals surface area (Å²) in [5, 5.41) is 3.58. The molecule has 19 heavy (non-hydrogen) atoms. The number of hydrogen-bond acceptors (Lipinski definition) is 2. The smallest absolute Gasteiger partial charge is 0.119 e. The van der Waals surface area contributed by atoms with Crippen molar-refractivity contribution in [3.8, 4) is 5.75 Å². The highest BCUT2D eigenvalue weighted by molar-refractivity contribution is 9.10. The van der Waals surface area contributed by atoms with Gasteiger partial charge in [0, 0.05) is 16.6 Å². The van der Waals surface area contributed by atoms with Crippen LogP contribution in [0.3, 0.4) is 0 Å². The topological polar surface area (TPSA) is 21.3 Å². The molecule has 0 radical (unpaired) electrons. The van der Waals surface area contributed by atoms with Crippen LogP contribution < -0.4 is 10.1 Å². The molecule has 0 spiro atoms. The van der Waals surface area contributed by atoms with Gasteiger partial charge in [-0.3, -0.25) is 0 Å². The fourth-order valence-corrected chi connectivity index (χ4v) is 2.28. The van der Waals surface area contributed by atoms with Gasteiger partial charge < -0.3 is 10.1 Å². The summed E-state index contributed by atoms with van der Waals surface area (Å²) in [7, 11) is 1.71. The van der Waals surface area contributed by atoms with E-state index in [0.29, 0.717) is 0 Å². The molecule has 0 heterocycles. The number of rotatable bonds is 5. The van der Waals surface area contributed by atoms with Crippen LogP contribution in [0.25, 0.3) is 0 Å². The first-order valence-corrected chi connectivity index (χ1v) is 7.50. The molecule has 0 atom stereocenters. The monoisotopic (exact) mass is 327 g/mol. The Balaban J connectivity index is 2.77. The minimum atomic E-state index is 0.156. The van der Waals surface area contributed by atoms with Crippen LogP contribution in [0.15, 0.2) is 22.7 Å². The maximum absolute atomic E-state index is 5.30. The van der Waals surface area contributed by atoms with E-state index in [4.69, 9.17) is 4.74 Å². The SMILES string of the molecule is COc1ccc(Br)c(CC(C)(C)CNC(C)(C)C)c1. The van der Waals surface area contributed by atoms with Crippen LogP contribution in [0, 0.1) is 5.41 Å². The van der Waals surface area contributed by atoms with Gasteiger partial charge in [-0.1, -0.05) is 29.8 Å². The van der Waals surface area contributed by atoms with Crippen LogP contribution in [-0.2, 0) is 6.42 Å². The van der Waals surface area contributed by atoms with E-state index < -0.39 is 0 Å². The first-order valence-electron chi connectivity index (χ1n) is 6.70. The van der Waals surface area contributed by atoms with Crippen molar-refractivity contribution in [2.24, 2.45) is 5.41 Å². The largest absolute Gasteiger partial charge is 0.497 e. The highest BCUT2D eigenvalue weighted by Crippen LogP contribution is 2.29. The molecule has 0 aliphatic rings. The zero-order valence-corrected chi connectivity index (χ0v) is 14.5. The quantitative estimate of drug-likeness (QED) is 0.864. The van der Waals surface area contributed by atoms with Gasteiger partial charge in [0.15, 0.2) is 0 Å². The van der Waals surface area contributed by atoms with Gasteiger partial charge in [-0.05, 0) is 56.4 Å². The van der Waals surface area contributed by atoms with E-state index in [2.05, 4.69) is 68.0 Å². The van der Waals surface area contributed by atoms with E-state index in [-0.39, 0.29) is 11.0 Å². The summed E-state index contributed by atoms with van der Waals surface area (Å²) in [6.45, 7) is 12.2. The second-order valence-electron chi connectivity index (χ2n) is 6.90. The minimum Gasteiger partial charge on any atom is -0.497 e. The maximum Gasteiger partial charge on any atom is 0.119 e. The number of halogens is 1. The van der Waals surface area contributed by atoms with Crippen LogP contribution in [0.1, 0.15) is 40.2 Å². The molecule has 1 N–H and O–H groups in total. The van der Waals surface area contributed by atoms with Crippen molar-refractivity contribution in [3.63, 3.8) is 0 Å². The van der Waals surface area contributed by atoms with Crippen molar-refractivity contribution in [2.75, 3.05) is 13.7 Å². The van der Waals surface area contributed by atoms with E-state index in [1.807, 2.05) is 6.07 Å². The Morgan fingerprint density at radius 3 is 2.32 bits per heavy atom. The summed E-state index contributed by atoms with van der Waals surface area (Å²) < 4.78 is 6.45. The van der Waals surface area contributed by atoms with Crippen molar-refractivity contribution in [3.05, 3.63) is 28.2 Å². The third kappa shape index (κ3) is 5.96. The lowest BCUT2D eigenvalue weighted by Crippen LogP contribution is -2.42. The molecule has 1 aromatic rings. The van der Waals surface area contributed by atoms with Crippen molar-refractivity contribution >= 4 is 15.9 Å². The van der Waals surface area contributed by atoms with Crippen LogP contribution in [0.5, 0.6) is 5.75 Å². The van der Waals surface area contributed by atoms with Gasteiger partial charge >= 0.3 is 0 Å². The summed E-state index contributed by atoms with van der Waals surface area (Å²) >= 11 is 3.63. The Morgan fingerprint density at radius 2 is 1.79 bits per heavy atom. The van der Waals surface area contributed by atoms with E-state index in [9.17, 15) is 0 Å². The van der Waals surface area contributed by atoms with E-state index in [1.165, 1.54) is 5.56 Å². The Hall–Kier alpha value is -0.540. The van der Waals surface area contributed by atoms with Gasteiger partial charge in [-0.25, -0.2) is 0 Å². The van der Waals surface area contributed by atoms with Crippen molar-refractivity contribution in [1.29, 1.82) is 0 Å². The van der Waals surface area contributed by atoms with Gasteiger partial charge in [0.05, 0.1) is 7.11 Å². The third-order valence-electron chi connectivity index (χ3n) is 3.02. The highest BCUT2D eigenvalue weighted by atomic mass is 79.9. The highest BCUT2D eigenvalue weighted by Gasteiger charge is 2.22. The molecule has 0 saturated carbocycles. The summed E-state index contributed by atoms with van der Waals surface area (Å²) in [6.07, 6.45) is 1.01. The van der Waals surface area contributed by atoms with Crippen LogP contribution >= 0.6 is 15.9 Å². The second-order valence-corrected chi connectivity index (χ2v) is 7.76. The number of ether oxygens (including phenoxy) is 1. The van der Waals surface area contributed by atoms with Crippen LogP contribution in [0.4, 0.5) is 0 Å². The van der Waals surface area contributed by atoms with Crippen molar-refractivity contribution < 1.29 is 4.74 Å². The Bertz CT molecular complexity index is 421. The lowest BCUT2D eigenvalue weighted by Gasteiger charge is -2.31. The Labute approximate surface area is 126 Å². The van der Waals surface area contributed by atoms with Gasteiger partial charge in [0.25, 0.3) is 0 Å².